The summed E-state index contributed by atoms with van der Waals surface area (Å²) >= 11 is 0. The van der Waals surface area contributed by atoms with E-state index in [1.165, 1.54) is 14.1 Å². The summed E-state index contributed by atoms with van der Waals surface area (Å²) in [5.74, 6) is -0.330. The van der Waals surface area contributed by atoms with Crippen molar-refractivity contribution in [2.45, 2.75) is 42.6 Å². The summed E-state index contributed by atoms with van der Waals surface area (Å²) in [5, 5.41) is 11.3. The third kappa shape index (κ3) is 5.30. The maximum atomic E-state index is 12.0. The number of hydrogen-bond donors (Lipinski definition) is 2. The van der Waals surface area contributed by atoms with Crippen molar-refractivity contribution in [1.82, 2.24) is 9.44 Å². The van der Waals surface area contributed by atoms with Crippen molar-refractivity contribution < 1.29 is 26.0 Å². The fourth-order valence-corrected chi connectivity index (χ4v) is 3.49. The molecule has 0 unspecified atom stereocenters. The normalized spacial score (nSPS) is 13.4. The predicted octanol–water partition coefficient (Wildman–Crippen LogP) is 0.605. The van der Waals surface area contributed by atoms with E-state index in [2.05, 4.69) is 4.72 Å². The van der Waals surface area contributed by atoms with Gasteiger partial charge in [-0.2, -0.15) is 0 Å². The molecule has 9 nitrogen and oxygen atoms in total. The maximum absolute atomic E-state index is 12.0. The van der Waals surface area contributed by atoms with Gasteiger partial charge in [-0.1, -0.05) is 19.8 Å². The van der Waals surface area contributed by atoms with Gasteiger partial charge in [0, 0.05) is 12.5 Å². The van der Waals surface area contributed by atoms with E-state index in [0.717, 1.165) is 31.5 Å². The Labute approximate surface area is 142 Å². The van der Waals surface area contributed by atoms with E-state index in [-0.39, 0.29) is 12.3 Å². The molecule has 0 amide bonds. The van der Waals surface area contributed by atoms with Crippen LogP contribution in [0.25, 0.3) is 0 Å². The lowest BCUT2D eigenvalue weighted by atomic mass is 10.2. The lowest BCUT2D eigenvalue weighted by Gasteiger charge is -2.04. The fraction of sp³-hybridized carbons (Fsp3) is 0.615. The highest BCUT2D eigenvalue weighted by atomic mass is 32.2. The fourth-order valence-electron chi connectivity index (χ4n) is 1.90. The highest BCUT2D eigenvalue weighted by Gasteiger charge is 2.28. The molecule has 0 saturated heterocycles. The van der Waals surface area contributed by atoms with Crippen LogP contribution in [0.4, 0.5) is 0 Å². The number of furan rings is 1. The molecule has 24 heavy (non-hydrogen) atoms. The van der Waals surface area contributed by atoms with E-state index in [1.54, 1.807) is 0 Å². The average Bonchev–Trinajstić information content (AvgIpc) is 2.97. The van der Waals surface area contributed by atoms with Gasteiger partial charge in [-0.3, -0.25) is 0 Å². The van der Waals surface area contributed by atoms with Crippen LogP contribution in [0.15, 0.2) is 20.5 Å². The monoisotopic (exact) mass is 381 g/mol. The Kier molecular flexibility index (Phi) is 7.39. The first-order valence-corrected chi connectivity index (χ1v) is 10.4. The van der Waals surface area contributed by atoms with Gasteiger partial charge in [-0.15, -0.1) is 0 Å². The maximum Gasteiger partial charge on any atom is 0.273 e. The number of hydrogen-bond acceptors (Lipinski definition) is 6. The van der Waals surface area contributed by atoms with Crippen LogP contribution in [0.5, 0.6) is 0 Å². The molecule has 11 heteroatoms. The van der Waals surface area contributed by atoms with Crippen LogP contribution in [0.1, 0.15) is 38.4 Å². The first-order valence-electron chi connectivity index (χ1n) is 7.47. The van der Waals surface area contributed by atoms with Crippen molar-refractivity contribution in [3.63, 3.8) is 0 Å². The zero-order valence-electron chi connectivity index (χ0n) is 13.9. The smallest absolute Gasteiger partial charge is 0.273 e. The van der Waals surface area contributed by atoms with E-state index in [9.17, 15) is 22.0 Å². The molecule has 0 saturated carbocycles. The molecule has 0 aliphatic carbocycles. The molecule has 1 aromatic rings. The van der Waals surface area contributed by atoms with Gasteiger partial charge in [0.1, 0.15) is 4.90 Å². The average molecular weight is 381 g/mol. The minimum atomic E-state index is -3.98. The van der Waals surface area contributed by atoms with Gasteiger partial charge in [-0.05, 0) is 20.5 Å². The number of sulfonamides is 2. The van der Waals surface area contributed by atoms with E-state index in [4.69, 9.17) is 4.42 Å². The number of nitrogens with zero attached hydrogens (tertiary/aromatic N) is 1. The van der Waals surface area contributed by atoms with Crippen LogP contribution < -0.4 is 9.44 Å². The van der Waals surface area contributed by atoms with Crippen LogP contribution in [0.2, 0.25) is 0 Å². The SMILES string of the molecule is CCCCCC[N+]([O-])=Cc1oc(S(=O)(=O)NC)cc1S(=O)(=O)NC. The summed E-state index contributed by atoms with van der Waals surface area (Å²) < 4.78 is 57.3. The second kappa shape index (κ2) is 8.60. The summed E-state index contributed by atoms with van der Waals surface area (Å²) in [5.41, 5.74) is 0. The second-order valence-corrected chi connectivity index (χ2v) is 8.71. The Balaban J connectivity index is 3.21. The first-order chi connectivity index (χ1) is 11.2. The molecule has 1 rings (SSSR count). The first kappa shape index (κ1) is 20.6. The molecule has 0 fully saturated rings. The molecule has 0 aromatic carbocycles. The molecule has 2 N–H and O–H groups in total. The van der Waals surface area contributed by atoms with E-state index >= 15 is 0 Å². The van der Waals surface area contributed by atoms with E-state index < -0.39 is 30.0 Å². The summed E-state index contributed by atoms with van der Waals surface area (Å²) in [4.78, 5) is -0.409. The number of nitrogens with one attached hydrogen (secondary N) is 2. The lowest BCUT2D eigenvalue weighted by Crippen LogP contribution is -2.20. The largest absolute Gasteiger partial charge is 0.624 e. The Morgan fingerprint density at radius 3 is 2.29 bits per heavy atom. The van der Waals surface area contributed by atoms with Crippen molar-refractivity contribution in [3.8, 4) is 0 Å². The Morgan fingerprint density at radius 2 is 1.75 bits per heavy atom. The summed E-state index contributed by atoms with van der Waals surface area (Å²) in [6.45, 7) is 2.20. The van der Waals surface area contributed by atoms with Crippen LogP contribution in [-0.2, 0) is 20.0 Å². The second-order valence-electron chi connectivity index (χ2n) is 5.04. The lowest BCUT2D eigenvalue weighted by molar-refractivity contribution is -0.453. The van der Waals surface area contributed by atoms with Gasteiger partial charge in [0.25, 0.3) is 10.0 Å². The van der Waals surface area contributed by atoms with Gasteiger partial charge in [0.2, 0.25) is 27.1 Å². The molecule has 0 aliphatic heterocycles. The van der Waals surface area contributed by atoms with Crippen molar-refractivity contribution in [2.75, 3.05) is 20.6 Å². The molecule has 0 atom stereocenters. The zero-order chi connectivity index (χ0) is 18.4. The van der Waals surface area contributed by atoms with E-state index in [1.807, 2.05) is 11.6 Å². The van der Waals surface area contributed by atoms with Crippen molar-refractivity contribution in [3.05, 3.63) is 17.0 Å². The molecular formula is C13H23N3O6S2. The predicted molar refractivity (Wildman–Crippen MR) is 89.0 cm³/mol. The molecule has 0 bridgehead atoms. The van der Waals surface area contributed by atoms with E-state index in [0.29, 0.717) is 11.2 Å². The van der Waals surface area contributed by atoms with Gasteiger partial charge < -0.3 is 9.62 Å². The summed E-state index contributed by atoms with van der Waals surface area (Å²) in [7, 11) is -5.62. The van der Waals surface area contributed by atoms with Gasteiger partial charge in [0.15, 0.2) is 6.54 Å². The number of rotatable bonds is 10. The zero-order valence-corrected chi connectivity index (χ0v) is 15.5. The third-order valence-corrected chi connectivity index (χ3v) is 5.99. The standard InChI is InChI=1S/C13H23N3O6S2/c1-4-5-6-7-8-16(17)10-11-12(23(18,19)14-2)9-13(22-11)24(20,21)15-3/h9-10,14-15H,4-8H2,1-3H3. The van der Waals surface area contributed by atoms with Crippen molar-refractivity contribution in [2.24, 2.45) is 0 Å². The Hall–Kier alpha value is -1.43. The minimum absolute atomic E-state index is 0.161. The van der Waals surface area contributed by atoms with Crippen molar-refractivity contribution in [1.29, 1.82) is 0 Å². The summed E-state index contributed by atoms with van der Waals surface area (Å²) in [6, 6.07) is 0.869. The van der Waals surface area contributed by atoms with Gasteiger partial charge >= 0.3 is 0 Å². The van der Waals surface area contributed by atoms with Crippen LogP contribution in [0.3, 0.4) is 0 Å². The third-order valence-electron chi connectivity index (χ3n) is 3.29. The molecule has 138 valence electrons. The molecule has 0 aliphatic rings. The van der Waals surface area contributed by atoms with Crippen LogP contribution >= 0.6 is 0 Å². The quantitative estimate of drug-likeness (QED) is 0.201. The topological polar surface area (TPSA) is 132 Å². The number of hydroxylamine groups is 1. The van der Waals surface area contributed by atoms with Crippen molar-refractivity contribution >= 4 is 26.3 Å². The van der Waals surface area contributed by atoms with Crippen LogP contribution in [0, 0.1) is 5.21 Å². The summed E-state index contributed by atoms with van der Waals surface area (Å²) in [6.07, 6.45) is 4.49. The number of unbranched alkanes of at least 4 members (excludes halogenated alkanes) is 3. The highest BCUT2D eigenvalue weighted by molar-refractivity contribution is 7.90. The molecule has 0 spiro atoms. The Bertz CT molecular complexity index is 781. The molecule has 1 heterocycles. The molecular weight excluding hydrogens is 358 g/mol. The van der Waals surface area contributed by atoms with Crippen LogP contribution in [-0.4, -0.2) is 48.4 Å². The minimum Gasteiger partial charge on any atom is -0.624 e. The van der Waals surface area contributed by atoms with Gasteiger partial charge in [0.05, 0.1) is 0 Å². The molecule has 1 aromatic heterocycles. The Morgan fingerprint density at radius 1 is 1.12 bits per heavy atom. The van der Waals surface area contributed by atoms with Gasteiger partial charge in [-0.25, -0.2) is 31.0 Å². The highest BCUT2D eigenvalue weighted by Crippen LogP contribution is 2.22. The molecule has 0 radical (unpaired) electrons.